The van der Waals surface area contributed by atoms with Crippen LogP contribution in [0.2, 0.25) is 5.02 Å². The van der Waals surface area contributed by atoms with Crippen molar-refractivity contribution in [3.05, 3.63) is 58.9 Å². The highest BCUT2D eigenvalue weighted by Crippen LogP contribution is 2.19. The first-order valence-electron chi connectivity index (χ1n) is 5.40. The topological polar surface area (TPSA) is 64.7 Å². The van der Waals surface area contributed by atoms with E-state index in [9.17, 15) is 4.79 Å². The number of pyridine rings is 1. The van der Waals surface area contributed by atoms with Crippen molar-refractivity contribution in [2.45, 2.75) is 0 Å². The fourth-order valence-corrected chi connectivity index (χ4v) is 1.71. The number of carbonyl (C=O) groups is 1. The zero-order valence-corrected chi connectivity index (χ0v) is 10.3. The second-order valence-electron chi connectivity index (χ2n) is 3.71. The maximum atomic E-state index is 11.7. The molecule has 0 unspecified atom stereocenters. The maximum Gasteiger partial charge on any atom is 0.364 e. The minimum Gasteiger partial charge on any atom is -0.465 e. The zero-order chi connectivity index (χ0) is 13.2. The lowest BCUT2D eigenvalue weighted by molar-refractivity contribution is -0.129. The molecule has 0 amide bonds. The van der Waals surface area contributed by atoms with Crippen LogP contribution in [0.25, 0.3) is 6.08 Å². The molecule has 0 aliphatic carbocycles. The molecule has 94 valence electrons. The predicted molar refractivity (Wildman–Crippen MR) is 68.6 cm³/mol. The van der Waals surface area contributed by atoms with Crippen LogP contribution < -0.4 is 0 Å². The maximum absolute atomic E-state index is 11.7. The number of halogens is 1. The van der Waals surface area contributed by atoms with E-state index in [1.807, 2.05) is 0 Å². The SMILES string of the molecule is O=C1OC(c2cc(Cl)ccn2)=N/C1=C\c1ccco1. The van der Waals surface area contributed by atoms with Crippen molar-refractivity contribution in [1.82, 2.24) is 4.98 Å². The quantitative estimate of drug-likeness (QED) is 0.624. The Labute approximate surface area is 113 Å². The fraction of sp³-hybridized carbons (Fsp3) is 0. The van der Waals surface area contributed by atoms with E-state index in [1.165, 1.54) is 18.5 Å². The van der Waals surface area contributed by atoms with Crippen molar-refractivity contribution in [2.24, 2.45) is 4.99 Å². The molecule has 5 nitrogen and oxygen atoms in total. The molecule has 3 rings (SSSR count). The molecule has 6 heteroatoms. The number of aliphatic imine (C=N–C) groups is 1. The van der Waals surface area contributed by atoms with E-state index in [0.717, 1.165) is 0 Å². The summed E-state index contributed by atoms with van der Waals surface area (Å²) in [5.74, 6) is 0.106. The molecule has 0 fully saturated rings. The van der Waals surface area contributed by atoms with Gasteiger partial charge in [0.25, 0.3) is 0 Å². The molecule has 2 aromatic heterocycles. The van der Waals surface area contributed by atoms with Crippen LogP contribution in [-0.4, -0.2) is 16.9 Å². The first kappa shape index (κ1) is 11.7. The van der Waals surface area contributed by atoms with Crippen LogP contribution in [0.1, 0.15) is 11.5 Å². The molecule has 19 heavy (non-hydrogen) atoms. The van der Waals surface area contributed by atoms with Gasteiger partial charge in [-0.3, -0.25) is 4.98 Å². The van der Waals surface area contributed by atoms with E-state index in [2.05, 4.69) is 9.98 Å². The Morgan fingerprint density at radius 2 is 2.21 bits per heavy atom. The van der Waals surface area contributed by atoms with Gasteiger partial charge in [-0.25, -0.2) is 9.79 Å². The molecule has 0 spiro atoms. The van der Waals surface area contributed by atoms with Crippen molar-refractivity contribution < 1.29 is 13.9 Å². The zero-order valence-electron chi connectivity index (χ0n) is 9.54. The van der Waals surface area contributed by atoms with Gasteiger partial charge in [0.2, 0.25) is 5.90 Å². The highest BCUT2D eigenvalue weighted by atomic mass is 35.5. The number of hydrogen-bond acceptors (Lipinski definition) is 5. The van der Waals surface area contributed by atoms with Gasteiger partial charge in [0.05, 0.1) is 6.26 Å². The number of ether oxygens (including phenoxy) is 1. The second-order valence-corrected chi connectivity index (χ2v) is 4.15. The summed E-state index contributed by atoms with van der Waals surface area (Å²) in [7, 11) is 0. The van der Waals surface area contributed by atoms with Gasteiger partial charge in [-0.05, 0) is 24.3 Å². The van der Waals surface area contributed by atoms with Gasteiger partial charge in [0.15, 0.2) is 5.70 Å². The molecule has 0 aromatic carbocycles. The van der Waals surface area contributed by atoms with Crippen molar-refractivity contribution >= 4 is 29.5 Å². The van der Waals surface area contributed by atoms with Gasteiger partial charge in [0.1, 0.15) is 11.5 Å². The number of furan rings is 1. The summed E-state index contributed by atoms with van der Waals surface area (Å²) >= 11 is 5.85. The standard InChI is InChI=1S/C13H7ClN2O3/c14-8-3-4-15-10(6-8)12-16-11(13(17)19-12)7-9-2-1-5-18-9/h1-7H/b11-7-. The van der Waals surface area contributed by atoms with Crippen molar-refractivity contribution in [3.63, 3.8) is 0 Å². The van der Waals surface area contributed by atoms with E-state index in [-0.39, 0.29) is 11.6 Å². The average molecular weight is 275 g/mol. The van der Waals surface area contributed by atoms with Gasteiger partial charge >= 0.3 is 5.97 Å². The Bertz CT molecular complexity index is 690. The molecule has 0 saturated heterocycles. The summed E-state index contributed by atoms with van der Waals surface area (Å²) in [6.45, 7) is 0. The third-order valence-electron chi connectivity index (χ3n) is 2.38. The minimum absolute atomic E-state index is 0.130. The molecule has 0 N–H and O–H groups in total. The van der Waals surface area contributed by atoms with Crippen LogP contribution in [-0.2, 0) is 9.53 Å². The summed E-state index contributed by atoms with van der Waals surface area (Å²) in [5.41, 5.74) is 0.565. The molecule has 2 aromatic rings. The number of cyclic esters (lactones) is 1. The minimum atomic E-state index is -0.548. The van der Waals surface area contributed by atoms with Gasteiger partial charge in [-0.2, -0.15) is 0 Å². The Morgan fingerprint density at radius 3 is 2.95 bits per heavy atom. The Kier molecular flexibility index (Phi) is 2.89. The van der Waals surface area contributed by atoms with Gasteiger partial charge in [-0.15, -0.1) is 0 Å². The van der Waals surface area contributed by atoms with Crippen LogP contribution in [0.4, 0.5) is 0 Å². The number of hydrogen-bond donors (Lipinski definition) is 0. The number of esters is 1. The highest BCUT2D eigenvalue weighted by molar-refractivity contribution is 6.31. The van der Waals surface area contributed by atoms with Crippen LogP contribution in [0.15, 0.2) is 51.8 Å². The Balaban J connectivity index is 1.95. The molecular weight excluding hydrogens is 268 g/mol. The van der Waals surface area contributed by atoms with E-state index >= 15 is 0 Å². The van der Waals surface area contributed by atoms with Crippen LogP contribution in [0, 0.1) is 0 Å². The molecule has 3 heterocycles. The van der Waals surface area contributed by atoms with E-state index in [4.69, 9.17) is 20.8 Å². The van der Waals surface area contributed by atoms with Gasteiger partial charge < -0.3 is 9.15 Å². The van der Waals surface area contributed by atoms with Crippen LogP contribution in [0.5, 0.6) is 0 Å². The Hall–Kier alpha value is -2.40. The average Bonchev–Trinajstić information content (AvgIpc) is 3.01. The third-order valence-corrected chi connectivity index (χ3v) is 2.62. The lowest BCUT2D eigenvalue weighted by Crippen LogP contribution is -2.06. The second kappa shape index (κ2) is 4.70. The summed E-state index contributed by atoms with van der Waals surface area (Å²) in [6.07, 6.45) is 4.53. The summed E-state index contributed by atoms with van der Waals surface area (Å²) in [4.78, 5) is 19.8. The van der Waals surface area contributed by atoms with Gasteiger partial charge in [-0.1, -0.05) is 11.6 Å². The molecular formula is C13H7ClN2O3. The summed E-state index contributed by atoms with van der Waals surface area (Å²) in [6, 6.07) is 6.63. The lowest BCUT2D eigenvalue weighted by Gasteiger charge is -1.97. The van der Waals surface area contributed by atoms with Crippen molar-refractivity contribution in [2.75, 3.05) is 0 Å². The highest BCUT2D eigenvalue weighted by Gasteiger charge is 2.25. The van der Waals surface area contributed by atoms with E-state index in [0.29, 0.717) is 16.5 Å². The van der Waals surface area contributed by atoms with E-state index in [1.54, 1.807) is 24.3 Å². The molecule has 0 atom stereocenters. The largest absolute Gasteiger partial charge is 0.465 e. The normalized spacial score (nSPS) is 16.6. The third kappa shape index (κ3) is 2.41. The Morgan fingerprint density at radius 1 is 1.32 bits per heavy atom. The molecule has 1 aliphatic rings. The number of carbonyl (C=O) groups excluding carboxylic acids is 1. The number of aromatic nitrogens is 1. The van der Waals surface area contributed by atoms with Crippen molar-refractivity contribution in [3.8, 4) is 0 Å². The monoisotopic (exact) mass is 274 g/mol. The number of nitrogens with zero attached hydrogens (tertiary/aromatic N) is 2. The predicted octanol–water partition coefficient (Wildman–Crippen LogP) is 2.67. The number of rotatable bonds is 2. The first-order chi connectivity index (χ1) is 9.22. The lowest BCUT2D eigenvalue weighted by atomic mass is 10.3. The summed E-state index contributed by atoms with van der Waals surface area (Å²) in [5, 5.41) is 0.493. The van der Waals surface area contributed by atoms with Crippen molar-refractivity contribution in [1.29, 1.82) is 0 Å². The molecule has 0 radical (unpaired) electrons. The van der Waals surface area contributed by atoms with Crippen LogP contribution in [0.3, 0.4) is 0 Å². The fourth-order valence-electron chi connectivity index (χ4n) is 1.55. The first-order valence-corrected chi connectivity index (χ1v) is 5.78. The molecule has 0 saturated carbocycles. The van der Waals surface area contributed by atoms with Crippen LogP contribution >= 0.6 is 11.6 Å². The smallest absolute Gasteiger partial charge is 0.364 e. The van der Waals surface area contributed by atoms with Gasteiger partial charge in [0, 0.05) is 17.3 Å². The molecule has 0 bridgehead atoms. The van der Waals surface area contributed by atoms with E-state index < -0.39 is 5.97 Å². The summed E-state index contributed by atoms with van der Waals surface area (Å²) < 4.78 is 10.2. The molecule has 1 aliphatic heterocycles.